The maximum absolute atomic E-state index is 11.0. The third kappa shape index (κ3) is 4.16. The van der Waals surface area contributed by atoms with Crippen molar-refractivity contribution in [2.75, 3.05) is 25.5 Å². The van der Waals surface area contributed by atoms with Gasteiger partial charge in [0, 0.05) is 26.1 Å². The monoisotopic (exact) mass is 223 g/mol. The van der Waals surface area contributed by atoms with E-state index in [2.05, 4.69) is 15.6 Å². The number of amides is 1. The summed E-state index contributed by atoms with van der Waals surface area (Å²) >= 11 is 0. The lowest BCUT2D eigenvalue weighted by Gasteiger charge is -2.06. The number of carbonyl (C=O) groups is 1. The van der Waals surface area contributed by atoms with Crippen molar-refractivity contribution in [1.29, 1.82) is 0 Å². The molecule has 0 aliphatic carbocycles. The van der Waals surface area contributed by atoms with Crippen molar-refractivity contribution in [1.82, 2.24) is 10.3 Å². The Morgan fingerprint density at radius 1 is 1.50 bits per heavy atom. The van der Waals surface area contributed by atoms with Crippen LogP contribution in [0.1, 0.15) is 13.3 Å². The molecule has 1 aromatic heterocycles. The Morgan fingerprint density at radius 2 is 2.31 bits per heavy atom. The minimum absolute atomic E-state index is 0.0198. The summed E-state index contributed by atoms with van der Waals surface area (Å²) in [4.78, 5) is 15.1. The second-order valence-electron chi connectivity index (χ2n) is 3.17. The van der Waals surface area contributed by atoms with E-state index in [9.17, 15) is 4.79 Å². The van der Waals surface area contributed by atoms with Crippen LogP contribution in [0.15, 0.2) is 18.3 Å². The third-order valence-corrected chi connectivity index (χ3v) is 1.99. The van der Waals surface area contributed by atoms with Gasteiger partial charge in [-0.3, -0.25) is 4.79 Å². The smallest absolute Gasteiger partial charge is 0.221 e. The van der Waals surface area contributed by atoms with Crippen LogP contribution in [0.4, 0.5) is 5.69 Å². The highest BCUT2D eigenvalue weighted by atomic mass is 16.5. The van der Waals surface area contributed by atoms with E-state index in [-0.39, 0.29) is 5.91 Å². The van der Waals surface area contributed by atoms with Crippen LogP contribution < -0.4 is 15.4 Å². The normalized spacial score (nSPS) is 9.62. The Balaban J connectivity index is 2.34. The summed E-state index contributed by atoms with van der Waals surface area (Å²) in [5, 5.41) is 5.66. The molecule has 88 valence electrons. The van der Waals surface area contributed by atoms with E-state index < -0.39 is 0 Å². The fourth-order valence-electron chi connectivity index (χ4n) is 1.16. The molecule has 0 atom stereocenters. The first-order valence-electron chi connectivity index (χ1n) is 5.29. The summed E-state index contributed by atoms with van der Waals surface area (Å²) in [5.41, 5.74) is 0.882. The lowest BCUT2D eigenvalue weighted by atomic mass is 10.3. The number of carbonyl (C=O) groups excluding carboxylic acids is 1. The highest BCUT2D eigenvalue weighted by Crippen LogP contribution is 2.11. The number of hydrogen-bond acceptors (Lipinski definition) is 4. The van der Waals surface area contributed by atoms with Crippen LogP contribution in [0.25, 0.3) is 0 Å². The molecule has 5 heteroatoms. The van der Waals surface area contributed by atoms with Gasteiger partial charge in [-0.1, -0.05) is 0 Å². The summed E-state index contributed by atoms with van der Waals surface area (Å²) in [7, 11) is 1.63. The zero-order valence-electron chi connectivity index (χ0n) is 9.62. The first-order chi connectivity index (χ1) is 7.76. The van der Waals surface area contributed by atoms with Gasteiger partial charge in [0.2, 0.25) is 11.8 Å². The van der Waals surface area contributed by atoms with Gasteiger partial charge in [-0.25, -0.2) is 4.98 Å². The molecule has 1 aromatic rings. The van der Waals surface area contributed by atoms with Crippen LogP contribution in [0, 0.1) is 0 Å². The fraction of sp³-hybridized carbons (Fsp3) is 0.455. The van der Waals surface area contributed by atoms with Crippen molar-refractivity contribution in [2.24, 2.45) is 0 Å². The molecule has 5 nitrogen and oxygen atoms in total. The highest BCUT2D eigenvalue weighted by Gasteiger charge is 1.98. The van der Waals surface area contributed by atoms with Crippen molar-refractivity contribution in [3.8, 4) is 5.88 Å². The van der Waals surface area contributed by atoms with Gasteiger partial charge in [0.05, 0.1) is 18.5 Å². The molecule has 1 rings (SSSR count). The van der Waals surface area contributed by atoms with Crippen LogP contribution >= 0.6 is 0 Å². The van der Waals surface area contributed by atoms with Gasteiger partial charge < -0.3 is 15.4 Å². The first-order valence-corrected chi connectivity index (χ1v) is 5.29. The molecule has 1 amide bonds. The second-order valence-corrected chi connectivity index (χ2v) is 3.17. The van der Waals surface area contributed by atoms with E-state index in [1.54, 1.807) is 19.3 Å². The molecule has 0 unspecified atom stereocenters. The van der Waals surface area contributed by atoms with Crippen LogP contribution in [0.5, 0.6) is 5.88 Å². The average molecular weight is 223 g/mol. The SMILES string of the molecule is CCOc1ccc(NCCC(=O)NC)cn1. The van der Waals surface area contributed by atoms with Gasteiger partial charge in [0.15, 0.2) is 0 Å². The number of nitrogens with one attached hydrogen (secondary N) is 2. The number of aromatic nitrogens is 1. The molecule has 16 heavy (non-hydrogen) atoms. The zero-order valence-corrected chi connectivity index (χ0v) is 9.62. The molecule has 2 N–H and O–H groups in total. The number of hydrogen-bond donors (Lipinski definition) is 2. The molecule has 0 saturated carbocycles. The summed E-state index contributed by atoms with van der Waals surface area (Å²) in [6, 6.07) is 3.67. The lowest BCUT2D eigenvalue weighted by molar-refractivity contribution is -0.120. The second kappa shape index (κ2) is 6.66. The van der Waals surface area contributed by atoms with Crippen LogP contribution in [0.3, 0.4) is 0 Å². The van der Waals surface area contributed by atoms with Crippen molar-refractivity contribution >= 4 is 11.6 Å². The number of nitrogens with zero attached hydrogens (tertiary/aromatic N) is 1. The van der Waals surface area contributed by atoms with Crippen molar-refractivity contribution < 1.29 is 9.53 Å². The van der Waals surface area contributed by atoms with Gasteiger partial charge in [0.25, 0.3) is 0 Å². The Bertz CT molecular complexity index is 325. The lowest BCUT2D eigenvalue weighted by Crippen LogP contribution is -2.20. The summed E-state index contributed by atoms with van der Waals surface area (Å²) in [5.74, 6) is 0.630. The predicted octanol–water partition coefficient (Wildman–Crippen LogP) is 1.03. The first kappa shape index (κ1) is 12.3. The molecular weight excluding hydrogens is 206 g/mol. The van der Waals surface area contributed by atoms with E-state index in [0.717, 1.165) is 5.69 Å². The van der Waals surface area contributed by atoms with Crippen molar-refractivity contribution in [3.63, 3.8) is 0 Å². The van der Waals surface area contributed by atoms with Gasteiger partial charge in [-0.2, -0.15) is 0 Å². The van der Waals surface area contributed by atoms with Gasteiger partial charge in [0.1, 0.15) is 0 Å². The topological polar surface area (TPSA) is 63.2 Å². The Labute approximate surface area is 95.2 Å². The van der Waals surface area contributed by atoms with E-state index in [1.807, 2.05) is 13.0 Å². The Kier molecular flexibility index (Phi) is 5.11. The quantitative estimate of drug-likeness (QED) is 0.756. The Morgan fingerprint density at radius 3 is 2.88 bits per heavy atom. The maximum atomic E-state index is 11.0. The van der Waals surface area contributed by atoms with Crippen molar-refractivity contribution in [2.45, 2.75) is 13.3 Å². The Hall–Kier alpha value is -1.78. The molecule has 0 aliphatic rings. The molecule has 0 aliphatic heterocycles. The van der Waals surface area contributed by atoms with Crippen molar-refractivity contribution in [3.05, 3.63) is 18.3 Å². The molecule has 0 bridgehead atoms. The largest absolute Gasteiger partial charge is 0.478 e. The third-order valence-electron chi connectivity index (χ3n) is 1.99. The van der Waals surface area contributed by atoms with E-state index in [4.69, 9.17) is 4.74 Å². The molecule has 1 heterocycles. The molecule has 0 radical (unpaired) electrons. The summed E-state index contributed by atoms with van der Waals surface area (Å²) < 4.78 is 5.22. The average Bonchev–Trinajstić information content (AvgIpc) is 2.31. The number of ether oxygens (including phenoxy) is 1. The van der Waals surface area contributed by atoms with Gasteiger partial charge in [-0.05, 0) is 13.0 Å². The number of rotatable bonds is 6. The minimum Gasteiger partial charge on any atom is -0.478 e. The summed E-state index contributed by atoms with van der Waals surface area (Å²) in [6.45, 7) is 3.11. The fourth-order valence-corrected chi connectivity index (χ4v) is 1.16. The van der Waals surface area contributed by atoms with E-state index in [1.165, 1.54) is 0 Å². The molecule has 0 saturated heterocycles. The van der Waals surface area contributed by atoms with E-state index in [0.29, 0.717) is 25.5 Å². The van der Waals surface area contributed by atoms with Crippen LogP contribution in [-0.4, -0.2) is 31.1 Å². The standard InChI is InChI=1S/C11H17N3O2/c1-3-16-11-5-4-9(8-14-11)13-7-6-10(15)12-2/h4-5,8,13H,3,6-7H2,1-2H3,(H,12,15). The minimum atomic E-state index is 0.0198. The molecule has 0 spiro atoms. The van der Waals surface area contributed by atoms with Gasteiger partial charge in [-0.15, -0.1) is 0 Å². The maximum Gasteiger partial charge on any atom is 0.221 e. The molecule has 0 aromatic carbocycles. The number of anilines is 1. The zero-order chi connectivity index (χ0) is 11.8. The van der Waals surface area contributed by atoms with Crippen LogP contribution in [-0.2, 0) is 4.79 Å². The molecule has 0 fully saturated rings. The van der Waals surface area contributed by atoms with Crippen LogP contribution in [0.2, 0.25) is 0 Å². The summed E-state index contributed by atoms with van der Waals surface area (Å²) in [6.07, 6.45) is 2.14. The predicted molar refractivity (Wildman–Crippen MR) is 62.6 cm³/mol. The molecular formula is C11H17N3O2. The van der Waals surface area contributed by atoms with Gasteiger partial charge >= 0.3 is 0 Å². The van der Waals surface area contributed by atoms with E-state index >= 15 is 0 Å². The highest BCUT2D eigenvalue weighted by molar-refractivity contribution is 5.76. The number of pyridine rings is 1.